The molecule has 0 saturated carbocycles. The molecule has 0 spiro atoms. The van der Waals surface area contributed by atoms with Crippen molar-refractivity contribution < 1.29 is 13.5 Å². The second kappa shape index (κ2) is 5.97. The molecule has 0 aliphatic carbocycles. The minimum atomic E-state index is -2.72. The first-order valence-electron chi connectivity index (χ1n) is 5.01. The Morgan fingerprint density at radius 3 is 2.71 bits per heavy atom. The van der Waals surface area contributed by atoms with Gasteiger partial charge < -0.3 is 10.5 Å². The van der Waals surface area contributed by atoms with E-state index in [0.717, 1.165) is 4.68 Å². The van der Waals surface area contributed by atoms with Crippen LogP contribution in [0.4, 0.5) is 8.78 Å². The number of nitrogens with two attached hydrogens (primary N) is 1. The standard InChI is InChI=1S/C9H14F2N4OS/c1-5(3-4-16-2)15-7(8(10)11)6(9(12)17)13-14-15/h5,8H,3-4H2,1-2H3,(H2,12,17). The van der Waals surface area contributed by atoms with Gasteiger partial charge in [0, 0.05) is 13.7 Å². The van der Waals surface area contributed by atoms with Crippen LogP contribution in [0.1, 0.15) is 37.2 Å². The van der Waals surface area contributed by atoms with E-state index >= 15 is 0 Å². The molecule has 0 fully saturated rings. The molecule has 1 aromatic heterocycles. The van der Waals surface area contributed by atoms with Gasteiger partial charge in [-0.05, 0) is 13.3 Å². The third-order valence-electron chi connectivity index (χ3n) is 2.33. The van der Waals surface area contributed by atoms with Crippen LogP contribution in [0.3, 0.4) is 0 Å². The van der Waals surface area contributed by atoms with Crippen LogP contribution in [-0.4, -0.2) is 33.7 Å². The van der Waals surface area contributed by atoms with E-state index in [2.05, 4.69) is 22.5 Å². The maximum absolute atomic E-state index is 12.9. The molecule has 0 bridgehead atoms. The van der Waals surface area contributed by atoms with Crippen molar-refractivity contribution in [1.29, 1.82) is 0 Å². The molecular formula is C9H14F2N4OS. The normalized spacial score (nSPS) is 13.0. The van der Waals surface area contributed by atoms with Gasteiger partial charge in [0.1, 0.15) is 16.4 Å². The number of methoxy groups -OCH3 is 1. The van der Waals surface area contributed by atoms with Crippen LogP contribution in [-0.2, 0) is 4.74 Å². The second-order valence-corrected chi connectivity index (χ2v) is 4.00. The lowest BCUT2D eigenvalue weighted by Gasteiger charge is -2.14. The SMILES string of the molecule is COCCC(C)n1nnc(C(N)=S)c1C(F)F. The second-order valence-electron chi connectivity index (χ2n) is 3.56. The van der Waals surface area contributed by atoms with Gasteiger partial charge >= 0.3 is 0 Å². The van der Waals surface area contributed by atoms with E-state index < -0.39 is 6.43 Å². The topological polar surface area (TPSA) is 66.0 Å². The number of nitrogens with zero attached hydrogens (tertiary/aromatic N) is 3. The van der Waals surface area contributed by atoms with Gasteiger partial charge in [0.2, 0.25) is 0 Å². The van der Waals surface area contributed by atoms with E-state index in [1.165, 1.54) is 0 Å². The molecule has 5 nitrogen and oxygen atoms in total. The lowest BCUT2D eigenvalue weighted by atomic mass is 10.2. The first kappa shape index (κ1) is 13.9. The highest BCUT2D eigenvalue weighted by Gasteiger charge is 2.25. The number of ether oxygens (including phenoxy) is 1. The largest absolute Gasteiger partial charge is 0.388 e. The first-order valence-corrected chi connectivity index (χ1v) is 5.41. The summed E-state index contributed by atoms with van der Waals surface area (Å²) >= 11 is 4.66. The van der Waals surface area contributed by atoms with Crippen molar-refractivity contribution in [2.75, 3.05) is 13.7 Å². The Balaban J connectivity index is 3.03. The fourth-order valence-electron chi connectivity index (χ4n) is 1.42. The summed E-state index contributed by atoms with van der Waals surface area (Å²) in [5.74, 6) is 0. The minimum Gasteiger partial charge on any atom is -0.388 e. The molecule has 1 heterocycles. The molecule has 2 N–H and O–H groups in total. The maximum atomic E-state index is 12.9. The molecule has 0 amide bonds. The Kier molecular flexibility index (Phi) is 4.88. The van der Waals surface area contributed by atoms with Crippen LogP contribution in [0.15, 0.2) is 0 Å². The van der Waals surface area contributed by atoms with E-state index in [9.17, 15) is 8.78 Å². The molecule has 0 aliphatic heterocycles. The van der Waals surface area contributed by atoms with Crippen molar-refractivity contribution in [2.24, 2.45) is 5.73 Å². The summed E-state index contributed by atoms with van der Waals surface area (Å²) in [6.45, 7) is 2.20. The van der Waals surface area contributed by atoms with Crippen molar-refractivity contribution in [3.63, 3.8) is 0 Å². The molecule has 1 unspecified atom stereocenters. The van der Waals surface area contributed by atoms with Crippen LogP contribution in [0.25, 0.3) is 0 Å². The lowest BCUT2D eigenvalue weighted by molar-refractivity contribution is 0.131. The van der Waals surface area contributed by atoms with Crippen LogP contribution < -0.4 is 5.73 Å². The number of halogens is 2. The molecule has 0 saturated heterocycles. The predicted molar refractivity (Wildman–Crippen MR) is 62.1 cm³/mol. The summed E-state index contributed by atoms with van der Waals surface area (Å²) in [5, 5.41) is 7.27. The van der Waals surface area contributed by atoms with Crippen molar-refractivity contribution in [3.8, 4) is 0 Å². The van der Waals surface area contributed by atoms with E-state index in [0.29, 0.717) is 13.0 Å². The molecule has 96 valence electrons. The molecule has 1 rings (SSSR count). The summed E-state index contributed by atoms with van der Waals surface area (Å²) in [4.78, 5) is -0.175. The highest BCUT2D eigenvalue weighted by Crippen LogP contribution is 2.25. The summed E-state index contributed by atoms with van der Waals surface area (Å²) in [6.07, 6.45) is -2.16. The number of hydrogen-bond donors (Lipinski definition) is 1. The number of thiocarbonyl (C=S) groups is 1. The maximum Gasteiger partial charge on any atom is 0.282 e. The number of rotatable bonds is 6. The molecular weight excluding hydrogens is 250 g/mol. The molecule has 0 radical (unpaired) electrons. The number of alkyl halides is 2. The average Bonchev–Trinajstić information content (AvgIpc) is 2.70. The van der Waals surface area contributed by atoms with E-state index in [4.69, 9.17) is 10.5 Å². The first-order chi connectivity index (χ1) is 7.99. The molecule has 1 atom stereocenters. The monoisotopic (exact) mass is 264 g/mol. The fourth-order valence-corrected chi connectivity index (χ4v) is 1.56. The van der Waals surface area contributed by atoms with Gasteiger partial charge in [0.05, 0.1) is 6.04 Å². The van der Waals surface area contributed by atoms with Gasteiger partial charge in [0.15, 0.2) is 0 Å². The summed E-state index contributed by atoms with van der Waals surface area (Å²) in [5.41, 5.74) is 4.88. The molecule has 8 heteroatoms. The fraction of sp³-hybridized carbons (Fsp3) is 0.667. The quantitative estimate of drug-likeness (QED) is 0.788. The zero-order chi connectivity index (χ0) is 13.0. The third kappa shape index (κ3) is 3.16. The zero-order valence-corrected chi connectivity index (χ0v) is 10.4. The Hall–Kier alpha value is -1.15. The summed E-state index contributed by atoms with van der Waals surface area (Å²) < 4.78 is 31.9. The summed E-state index contributed by atoms with van der Waals surface area (Å²) in [7, 11) is 1.54. The van der Waals surface area contributed by atoms with E-state index in [1.54, 1.807) is 14.0 Å². The van der Waals surface area contributed by atoms with Crippen molar-refractivity contribution in [2.45, 2.75) is 25.8 Å². The highest BCUT2D eigenvalue weighted by atomic mass is 32.1. The molecule has 0 aromatic carbocycles. The Bertz CT molecular complexity index is 396. The Labute approximate surface area is 103 Å². The Morgan fingerprint density at radius 1 is 1.59 bits per heavy atom. The Morgan fingerprint density at radius 2 is 2.24 bits per heavy atom. The average molecular weight is 264 g/mol. The smallest absolute Gasteiger partial charge is 0.282 e. The van der Waals surface area contributed by atoms with Gasteiger partial charge in [-0.25, -0.2) is 13.5 Å². The van der Waals surface area contributed by atoms with Gasteiger partial charge in [-0.2, -0.15) is 0 Å². The highest BCUT2D eigenvalue weighted by molar-refractivity contribution is 7.80. The van der Waals surface area contributed by atoms with Crippen molar-refractivity contribution in [3.05, 3.63) is 11.4 Å². The van der Waals surface area contributed by atoms with Crippen LogP contribution in [0.5, 0.6) is 0 Å². The molecule has 1 aromatic rings. The van der Waals surface area contributed by atoms with E-state index in [1.807, 2.05) is 0 Å². The predicted octanol–water partition coefficient (Wildman–Crippen LogP) is 1.45. The molecule has 17 heavy (non-hydrogen) atoms. The lowest BCUT2D eigenvalue weighted by Crippen LogP contribution is -2.17. The summed E-state index contributed by atoms with van der Waals surface area (Å²) in [6, 6.07) is -0.255. The van der Waals surface area contributed by atoms with Gasteiger partial charge in [-0.15, -0.1) is 5.10 Å². The van der Waals surface area contributed by atoms with Crippen molar-refractivity contribution in [1.82, 2.24) is 15.0 Å². The minimum absolute atomic E-state index is 0.112. The van der Waals surface area contributed by atoms with E-state index in [-0.39, 0.29) is 22.4 Å². The zero-order valence-electron chi connectivity index (χ0n) is 9.56. The van der Waals surface area contributed by atoms with Crippen LogP contribution >= 0.6 is 12.2 Å². The van der Waals surface area contributed by atoms with Crippen LogP contribution in [0, 0.1) is 0 Å². The number of hydrogen-bond acceptors (Lipinski definition) is 4. The van der Waals surface area contributed by atoms with Crippen molar-refractivity contribution >= 4 is 17.2 Å². The third-order valence-corrected chi connectivity index (χ3v) is 2.52. The molecule has 0 aliphatic rings. The van der Waals surface area contributed by atoms with Gasteiger partial charge in [-0.3, -0.25) is 0 Å². The number of aromatic nitrogens is 3. The van der Waals surface area contributed by atoms with Gasteiger partial charge in [0.25, 0.3) is 6.43 Å². The van der Waals surface area contributed by atoms with Gasteiger partial charge in [-0.1, -0.05) is 17.4 Å². The van der Waals surface area contributed by atoms with Crippen LogP contribution in [0.2, 0.25) is 0 Å².